The van der Waals surface area contributed by atoms with E-state index >= 15 is 0 Å². The van der Waals surface area contributed by atoms with Crippen LogP contribution in [0.3, 0.4) is 0 Å². The highest BCUT2D eigenvalue weighted by Crippen LogP contribution is 2.26. The minimum absolute atomic E-state index is 0.00554. The number of benzene rings is 2. The summed E-state index contributed by atoms with van der Waals surface area (Å²) in [5, 5.41) is 3.69. The van der Waals surface area contributed by atoms with Gasteiger partial charge in [0.2, 0.25) is 11.8 Å². The van der Waals surface area contributed by atoms with Crippen molar-refractivity contribution in [2.75, 3.05) is 24.9 Å². The maximum Gasteiger partial charge on any atom is 0.304 e. The molecule has 1 N–H and O–H groups in total. The van der Waals surface area contributed by atoms with Crippen molar-refractivity contribution in [2.45, 2.75) is 57.7 Å². The van der Waals surface area contributed by atoms with Crippen molar-refractivity contribution in [3.05, 3.63) is 63.9 Å². The second kappa shape index (κ2) is 13.1. The Labute approximate surface area is 233 Å². The number of hydrogen-bond donors (Lipinski definition) is 1. The standard InChI is InChI=1S/C26H33Cl2FN4O4S/c1-4-24(26(35)30-20-7-5-6-8-20)32(16-18-9-14-22(27)23(28)15-18)25(34)17-33(38(36,37)31(2)3)21-12-10-19(29)11-13-21/h9-15,20,24H,4-8,16-17H2,1-3H3,(H,30,35). The summed E-state index contributed by atoms with van der Waals surface area (Å²) in [6, 6.07) is 8.92. The van der Waals surface area contributed by atoms with E-state index in [1.165, 1.54) is 31.1 Å². The molecule has 0 saturated heterocycles. The normalized spacial score (nSPS) is 14.9. The Kier molecular flexibility index (Phi) is 10.4. The molecule has 3 rings (SSSR count). The molecule has 1 saturated carbocycles. The third-order valence-electron chi connectivity index (χ3n) is 6.56. The van der Waals surface area contributed by atoms with Gasteiger partial charge >= 0.3 is 10.2 Å². The summed E-state index contributed by atoms with van der Waals surface area (Å²) < 4.78 is 41.8. The Balaban J connectivity index is 1.98. The highest BCUT2D eigenvalue weighted by molar-refractivity contribution is 7.90. The van der Waals surface area contributed by atoms with Crippen LogP contribution in [0.4, 0.5) is 10.1 Å². The highest BCUT2D eigenvalue weighted by atomic mass is 35.5. The van der Waals surface area contributed by atoms with Crippen LogP contribution in [0.25, 0.3) is 0 Å². The first-order chi connectivity index (χ1) is 17.9. The predicted octanol–water partition coefficient (Wildman–Crippen LogP) is 4.61. The van der Waals surface area contributed by atoms with Gasteiger partial charge < -0.3 is 10.2 Å². The van der Waals surface area contributed by atoms with Gasteiger partial charge in [0.25, 0.3) is 0 Å². The van der Waals surface area contributed by atoms with Crippen LogP contribution < -0.4 is 9.62 Å². The quantitative estimate of drug-likeness (QED) is 0.416. The molecule has 1 unspecified atom stereocenters. The molecule has 1 aliphatic carbocycles. The molecule has 0 radical (unpaired) electrons. The number of nitrogens with zero attached hydrogens (tertiary/aromatic N) is 3. The summed E-state index contributed by atoms with van der Waals surface area (Å²) in [5.74, 6) is -1.44. The van der Waals surface area contributed by atoms with E-state index in [2.05, 4.69) is 5.32 Å². The molecule has 0 heterocycles. The van der Waals surface area contributed by atoms with Crippen LogP contribution >= 0.6 is 23.2 Å². The number of amides is 2. The summed E-state index contributed by atoms with van der Waals surface area (Å²) in [6.45, 7) is 1.20. The largest absolute Gasteiger partial charge is 0.352 e. The maximum atomic E-state index is 13.8. The summed E-state index contributed by atoms with van der Waals surface area (Å²) >= 11 is 12.3. The van der Waals surface area contributed by atoms with E-state index in [4.69, 9.17) is 23.2 Å². The smallest absolute Gasteiger partial charge is 0.304 e. The van der Waals surface area contributed by atoms with Crippen molar-refractivity contribution in [2.24, 2.45) is 0 Å². The molecule has 0 bridgehead atoms. The zero-order chi connectivity index (χ0) is 28.0. The first kappa shape index (κ1) is 30.1. The molecular weight excluding hydrogens is 554 g/mol. The average molecular weight is 588 g/mol. The fourth-order valence-electron chi connectivity index (χ4n) is 4.45. The van der Waals surface area contributed by atoms with Gasteiger partial charge in [-0.1, -0.05) is 49.0 Å². The highest BCUT2D eigenvalue weighted by Gasteiger charge is 2.34. The number of nitrogens with one attached hydrogen (secondary N) is 1. The van der Waals surface area contributed by atoms with Crippen LogP contribution in [0.5, 0.6) is 0 Å². The second-order valence-corrected chi connectivity index (χ2v) is 12.3. The summed E-state index contributed by atoms with van der Waals surface area (Å²) in [6.07, 6.45) is 4.12. The van der Waals surface area contributed by atoms with E-state index in [9.17, 15) is 22.4 Å². The van der Waals surface area contributed by atoms with Crippen molar-refractivity contribution in [3.63, 3.8) is 0 Å². The minimum Gasteiger partial charge on any atom is -0.352 e. The summed E-state index contributed by atoms with van der Waals surface area (Å²) in [5.41, 5.74) is 0.745. The Morgan fingerprint density at radius 1 is 1.05 bits per heavy atom. The molecule has 1 fully saturated rings. The molecule has 2 aromatic carbocycles. The molecule has 0 aliphatic heterocycles. The van der Waals surface area contributed by atoms with Gasteiger partial charge in [0.05, 0.1) is 15.7 Å². The molecule has 208 valence electrons. The fourth-order valence-corrected chi connectivity index (χ4v) is 5.82. The van der Waals surface area contributed by atoms with Gasteiger partial charge in [0.15, 0.2) is 0 Å². The maximum absolute atomic E-state index is 13.8. The van der Waals surface area contributed by atoms with Crippen molar-refractivity contribution in [1.29, 1.82) is 0 Å². The van der Waals surface area contributed by atoms with Crippen LogP contribution in [-0.2, 0) is 26.3 Å². The lowest BCUT2D eigenvalue weighted by Crippen LogP contribution is -2.54. The average Bonchev–Trinajstić information content (AvgIpc) is 3.38. The minimum atomic E-state index is -4.13. The third kappa shape index (κ3) is 7.37. The molecule has 2 amide bonds. The van der Waals surface area contributed by atoms with E-state index in [1.807, 2.05) is 0 Å². The topological polar surface area (TPSA) is 90.0 Å². The van der Waals surface area contributed by atoms with E-state index in [0.717, 1.165) is 46.4 Å². The van der Waals surface area contributed by atoms with Gasteiger partial charge in [-0.05, 0) is 61.2 Å². The van der Waals surface area contributed by atoms with Crippen LogP contribution in [0.15, 0.2) is 42.5 Å². The lowest BCUT2D eigenvalue weighted by molar-refractivity contribution is -0.140. The van der Waals surface area contributed by atoms with E-state index in [-0.39, 0.29) is 24.2 Å². The van der Waals surface area contributed by atoms with Crippen molar-refractivity contribution < 1.29 is 22.4 Å². The van der Waals surface area contributed by atoms with Crippen molar-refractivity contribution in [3.8, 4) is 0 Å². The number of hydrogen-bond acceptors (Lipinski definition) is 4. The first-order valence-electron chi connectivity index (χ1n) is 12.4. The Bertz CT molecular complexity index is 1240. The lowest BCUT2D eigenvalue weighted by Gasteiger charge is -2.34. The summed E-state index contributed by atoms with van der Waals surface area (Å²) in [7, 11) is -1.45. The van der Waals surface area contributed by atoms with Gasteiger partial charge in [-0.3, -0.25) is 9.59 Å². The molecular formula is C26H33Cl2FN4O4S. The Hall–Kier alpha value is -2.40. The van der Waals surface area contributed by atoms with Crippen molar-refractivity contribution >= 4 is 50.9 Å². The lowest BCUT2D eigenvalue weighted by atomic mass is 10.1. The van der Waals surface area contributed by atoms with Gasteiger partial charge in [0, 0.05) is 26.7 Å². The third-order valence-corrected chi connectivity index (χ3v) is 9.12. The van der Waals surface area contributed by atoms with Crippen LogP contribution in [-0.4, -0.2) is 62.2 Å². The van der Waals surface area contributed by atoms with Gasteiger partial charge in [-0.2, -0.15) is 12.7 Å². The second-order valence-electron chi connectivity index (χ2n) is 9.46. The first-order valence-corrected chi connectivity index (χ1v) is 14.6. The predicted molar refractivity (Wildman–Crippen MR) is 148 cm³/mol. The molecule has 8 nitrogen and oxygen atoms in total. The summed E-state index contributed by atoms with van der Waals surface area (Å²) in [4.78, 5) is 28.6. The van der Waals surface area contributed by atoms with E-state index in [1.54, 1.807) is 25.1 Å². The van der Waals surface area contributed by atoms with Crippen LogP contribution in [0.1, 0.15) is 44.6 Å². The SMILES string of the molecule is CCC(C(=O)NC1CCCC1)N(Cc1ccc(Cl)c(Cl)c1)C(=O)CN(c1ccc(F)cc1)S(=O)(=O)N(C)C. The fraction of sp³-hybridized carbons (Fsp3) is 0.462. The molecule has 12 heteroatoms. The van der Waals surface area contributed by atoms with Crippen LogP contribution in [0, 0.1) is 5.82 Å². The van der Waals surface area contributed by atoms with Gasteiger partial charge in [0.1, 0.15) is 18.4 Å². The van der Waals surface area contributed by atoms with E-state index < -0.39 is 34.5 Å². The molecule has 38 heavy (non-hydrogen) atoms. The zero-order valence-corrected chi connectivity index (χ0v) is 24.0. The number of rotatable bonds is 11. The molecule has 2 aromatic rings. The number of carbonyl (C=O) groups excluding carboxylic acids is 2. The zero-order valence-electron chi connectivity index (χ0n) is 21.7. The molecule has 0 aromatic heterocycles. The number of anilines is 1. The number of halogens is 3. The Morgan fingerprint density at radius 2 is 1.68 bits per heavy atom. The number of carbonyl (C=O) groups is 2. The van der Waals surface area contributed by atoms with E-state index in [0.29, 0.717) is 22.0 Å². The Morgan fingerprint density at radius 3 is 2.24 bits per heavy atom. The molecule has 1 atom stereocenters. The van der Waals surface area contributed by atoms with Gasteiger partial charge in [-0.15, -0.1) is 0 Å². The molecule has 0 spiro atoms. The molecule has 1 aliphatic rings. The monoisotopic (exact) mass is 586 g/mol. The van der Waals surface area contributed by atoms with Gasteiger partial charge in [-0.25, -0.2) is 8.70 Å². The van der Waals surface area contributed by atoms with Crippen molar-refractivity contribution in [1.82, 2.24) is 14.5 Å². The van der Waals surface area contributed by atoms with Crippen LogP contribution in [0.2, 0.25) is 10.0 Å².